The van der Waals surface area contributed by atoms with Gasteiger partial charge in [0.2, 0.25) is 0 Å². The molecule has 0 spiro atoms. The first-order chi connectivity index (χ1) is 44.9. The van der Waals surface area contributed by atoms with Gasteiger partial charge in [0.15, 0.2) is 34.8 Å². The highest BCUT2D eigenvalue weighted by Gasteiger charge is 2.28. The lowest BCUT2D eigenvalue weighted by atomic mass is 9.89. The Balaban J connectivity index is 0.000000146. The van der Waals surface area contributed by atoms with Gasteiger partial charge in [0.25, 0.3) is 0 Å². The van der Waals surface area contributed by atoms with E-state index >= 15 is 0 Å². The van der Waals surface area contributed by atoms with Gasteiger partial charge in [-0.2, -0.15) is 0 Å². The van der Waals surface area contributed by atoms with Crippen molar-refractivity contribution in [2.75, 3.05) is 102 Å². The molecule has 0 unspecified atom stereocenters. The van der Waals surface area contributed by atoms with Crippen molar-refractivity contribution in [2.45, 2.75) is 51.4 Å². The Labute approximate surface area is 552 Å². The first kappa shape index (κ1) is 69.0. The summed E-state index contributed by atoms with van der Waals surface area (Å²) in [6.45, 7) is 7.74. The Morgan fingerprint density at radius 2 is 0.645 bits per heavy atom. The van der Waals surface area contributed by atoms with Crippen LogP contribution in [0.25, 0.3) is 0 Å². The predicted octanol–water partition coefficient (Wildman–Crippen LogP) is 17.1. The van der Waals surface area contributed by atoms with Gasteiger partial charge in [0.1, 0.15) is 11.6 Å². The SMILES string of the molecule is CN1CCC(C(=O)c2cccc(Nc3cc(F)cc(F)c3F)c2)CC1.CN1CCC(C(=O)c2cccc(Nc3ccc(F)cc3)c2)CC1.CN1CCC(C(=O)c2cccc(Nc3ccccc3)c2)CC1.CN1CCC(C(=O)c2cccc(Nc3ccccc3Br)c2)CC1. The van der Waals surface area contributed by atoms with Crippen LogP contribution in [0.5, 0.6) is 0 Å². The molecule has 0 saturated carbocycles. The molecule has 0 bridgehead atoms. The van der Waals surface area contributed by atoms with Crippen LogP contribution in [0.4, 0.5) is 63.1 Å². The lowest BCUT2D eigenvalue weighted by Gasteiger charge is -2.28. The number of nitrogens with one attached hydrogen (secondary N) is 4. The summed E-state index contributed by atoms with van der Waals surface area (Å²) in [6, 6.07) is 55.3. The molecule has 4 aliphatic heterocycles. The van der Waals surface area contributed by atoms with Gasteiger partial charge >= 0.3 is 0 Å². The number of piperidine rings is 4. The number of anilines is 8. The maximum Gasteiger partial charge on any atom is 0.182 e. The maximum atomic E-state index is 13.8. The molecule has 93 heavy (non-hydrogen) atoms. The van der Waals surface area contributed by atoms with Crippen LogP contribution in [-0.4, -0.2) is 123 Å². The van der Waals surface area contributed by atoms with Crippen molar-refractivity contribution in [3.8, 4) is 0 Å². The Bertz CT molecular complexity index is 3770. The van der Waals surface area contributed by atoms with E-state index in [0.717, 1.165) is 165 Å². The number of benzene rings is 8. The molecular formula is C76H83BrF4N8O4. The van der Waals surface area contributed by atoms with Crippen molar-refractivity contribution in [1.82, 2.24) is 19.6 Å². The molecule has 0 aliphatic carbocycles. The second kappa shape index (κ2) is 34.0. The summed E-state index contributed by atoms with van der Waals surface area (Å²) >= 11 is 3.54. The van der Waals surface area contributed by atoms with E-state index in [1.807, 2.05) is 134 Å². The van der Waals surface area contributed by atoms with Crippen LogP contribution in [0.1, 0.15) is 92.8 Å². The Morgan fingerprint density at radius 1 is 0.333 bits per heavy atom. The van der Waals surface area contributed by atoms with Crippen LogP contribution in [0.2, 0.25) is 0 Å². The molecule has 0 aromatic heterocycles. The molecule has 4 aliphatic rings. The van der Waals surface area contributed by atoms with Gasteiger partial charge < -0.3 is 40.9 Å². The summed E-state index contributed by atoms with van der Waals surface area (Å²) in [5.74, 6) is -2.33. The number of ketones is 4. The maximum absolute atomic E-state index is 13.8. The van der Waals surface area contributed by atoms with Crippen molar-refractivity contribution in [3.05, 3.63) is 238 Å². The second-order valence-corrected chi connectivity index (χ2v) is 25.5. The van der Waals surface area contributed by atoms with Crippen molar-refractivity contribution in [2.24, 2.45) is 23.7 Å². The quantitative estimate of drug-likeness (QED) is 0.0418. The summed E-state index contributed by atoms with van der Waals surface area (Å²) in [5.41, 5.74) is 8.55. The van der Waals surface area contributed by atoms with E-state index in [1.165, 1.54) is 12.1 Å². The molecule has 486 valence electrons. The number of carbonyl (C=O) groups excluding carboxylic acids is 4. The number of carbonyl (C=O) groups is 4. The van der Waals surface area contributed by atoms with E-state index in [-0.39, 0.29) is 58.3 Å². The minimum Gasteiger partial charge on any atom is -0.356 e. The fourth-order valence-electron chi connectivity index (χ4n) is 11.9. The Hall–Kier alpha value is -8.32. The largest absolute Gasteiger partial charge is 0.356 e. The third-order valence-electron chi connectivity index (χ3n) is 17.6. The van der Waals surface area contributed by atoms with Gasteiger partial charge in [0, 0.05) is 96.7 Å². The summed E-state index contributed by atoms with van der Waals surface area (Å²) in [4.78, 5) is 59.7. The van der Waals surface area contributed by atoms with Crippen LogP contribution in [0.3, 0.4) is 0 Å². The second-order valence-electron chi connectivity index (χ2n) is 24.7. The Morgan fingerprint density at radius 3 is 1.01 bits per heavy atom. The first-order valence-electron chi connectivity index (χ1n) is 32.0. The minimum atomic E-state index is -1.26. The van der Waals surface area contributed by atoms with Crippen molar-refractivity contribution >= 4 is 84.6 Å². The highest BCUT2D eigenvalue weighted by atomic mass is 79.9. The smallest absolute Gasteiger partial charge is 0.182 e. The van der Waals surface area contributed by atoms with Gasteiger partial charge in [-0.05, 0) is 245 Å². The van der Waals surface area contributed by atoms with E-state index < -0.39 is 17.5 Å². The van der Waals surface area contributed by atoms with Crippen LogP contribution in [0, 0.1) is 46.9 Å². The molecule has 8 aromatic carbocycles. The predicted molar refractivity (Wildman–Crippen MR) is 370 cm³/mol. The molecule has 0 amide bonds. The van der Waals surface area contributed by atoms with Crippen molar-refractivity contribution in [1.29, 1.82) is 0 Å². The van der Waals surface area contributed by atoms with Gasteiger partial charge in [-0.25, -0.2) is 17.6 Å². The third kappa shape index (κ3) is 20.6. The number of likely N-dealkylation sites (tertiary alicyclic amines) is 4. The Kier molecular flexibility index (Phi) is 25.2. The van der Waals surface area contributed by atoms with E-state index in [4.69, 9.17) is 0 Å². The summed E-state index contributed by atoms with van der Waals surface area (Å²) in [7, 11) is 8.35. The summed E-state index contributed by atoms with van der Waals surface area (Å²) < 4.78 is 54.3. The number of para-hydroxylation sites is 2. The average Bonchev–Trinajstić information content (AvgIpc) is 1.13. The first-order valence-corrected chi connectivity index (χ1v) is 32.8. The number of hydrogen-bond donors (Lipinski definition) is 4. The lowest BCUT2D eigenvalue weighted by Crippen LogP contribution is -2.33. The molecule has 17 heteroatoms. The zero-order valence-electron chi connectivity index (χ0n) is 53.3. The molecule has 0 radical (unpaired) electrons. The molecule has 12 nitrogen and oxygen atoms in total. The number of rotatable bonds is 16. The molecule has 12 rings (SSSR count). The summed E-state index contributed by atoms with van der Waals surface area (Å²) in [6.07, 6.45) is 7.29. The van der Waals surface area contributed by atoms with E-state index in [2.05, 4.69) is 77.9 Å². The molecule has 0 atom stereocenters. The number of Topliss-reactive ketones (excluding diaryl/α,β-unsaturated/α-hetero) is 4. The minimum absolute atomic E-state index is 0.0326. The molecule has 4 fully saturated rings. The van der Waals surface area contributed by atoms with Gasteiger partial charge in [-0.15, -0.1) is 0 Å². The molecule has 4 saturated heterocycles. The van der Waals surface area contributed by atoms with Crippen molar-refractivity contribution < 1.29 is 36.7 Å². The van der Waals surface area contributed by atoms with Crippen LogP contribution < -0.4 is 21.3 Å². The van der Waals surface area contributed by atoms with Gasteiger partial charge in [-0.3, -0.25) is 19.2 Å². The van der Waals surface area contributed by atoms with E-state index in [9.17, 15) is 36.7 Å². The topological polar surface area (TPSA) is 129 Å². The zero-order chi connectivity index (χ0) is 65.8. The number of halogens is 5. The zero-order valence-corrected chi connectivity index (χ0v) is 54.9. The van der Waals surface area contributed by atoms with E-state index in [1.54, 1.807) is 36.4 Å². The monoisotopic (exact) mass is 1330 g/mol. The summed E-state index contributed by atoms with van der Waals surface area (Å²) in [5, 5.41) is 12.6. The third-order valence-corrected chi connectivity index (χ3v) is 18.3. The lowest BCUT2D eigenvalue weighted by molar-refractivity contribution is 0.0850. The molecule has 4 N–H and O–H groups in total. The highest BCUT2D eigenvalue weighted by molar-refractivity contribution is 9.10. The average molecular weight is 1330 g/mol. The van der Waals surface area contributed by atoms with Crippen molar-refractivity contribution in [3.63, 3.8) is 0 Å². The van der Waals surface area contributed by atoms with Crippen LogP contribution in [-0.2, 0) is 0 Å². The fourth-order valence-corrected chi connectivity index (χ4v) is 12.3. The molecule has 4 heterocycles. The van der Waals surface area contributed by atoms with Crippen LogP contribution >= 0.6 is 15.9 Å². The van der Waals surface area contributed by atoms with Crippen LogP contribution in [0.15, 0.2) is 193 Å². The van der Waals surface area contributed by atoms with E-state index in [0.29, 0.717) is 17.3 Å². The van der Waals surface area contributed by atoms with Gasteiger partial charge in [-0.1, -0.05) is 78.9 Å². The van der Waals surface area contributed by atoms with Gasteiger partial charge in [0.05, 0.1) is 11.4 Å². The fraction of sp³-hybridized carbons (Fsp3) is 0.316. The number of hydrogen-bond acceptors (Lipinski definition) is 12. The molecular weight excluding hydrogens is 1240 g/mol. The molecule has 8 aromatic rings. The number of nitrogens with zero attached hydrogens (tertiary/aromatic N) is 4. The normalized spacial score (nSPS) is 16.2. The highest BCUT2D eigenvalue weighted by Crippen LogP contribution is 2.31. The standard InChI is InChI=1S/C19H21BrN2O.C19H19F3N2O.C19H21FN2O.C19H22N2O/c1-22-11-9-14(10-12-22)19(23)15-5-4-6-16(13-15)21-18-8-3-2-7-17(18)20;1-24-7-5-12(6-8-24)19(25)13-3-2-4-15(9-13)23-17-11-14(20)10-16(21)18(17)22;1-22-11-9-14(10-12-22)19(23)15-3-2-4-18(13-15)21-17-7-5-16(20)6-8-17;1-21-12-10-15(11-13-21)19(22)16-6-5-9-18(14-16)20-17-7-3-2-4-8-17/h2-8,13-14,21H,9-12H2,1H3;2-4,9-12,23H,5-8H2,1H3;2-8,13-14,21H,9-12H2,1H3;2-9,14-15,20H,10-13H2,1H3.